The number of nitrogens with one attached hydrogen (secondary N) is 1. The van der Waals surface area contributed by atoms with Crippen LogP contribution in [0.5, 0.6) is 0 Å². The van der Waals surface area contributed by atoms with E-state index in [-0.39, 0.29) is 0 Å². The SMILES string of the molecule is CCC1CC1NCC1(CN)CCCCC1. The summed E-state index contributed by atoms with van der Waals surface area (Å²) in [7, 11) is 0. The second kappa shape index (κ2) is 4.84. The summed E-state index contributed by atoms with van der Waals surface area (Å²) in [6.07, 6.45) is 9.63. The summed E-state index contributed by atoms with van der Waals surface area (Å²) in [5, 5.41) is 3.74. The van der Waals surface area contributed by atoms with E-state index >= 15 is 0 Å². The topological polar surface area (TPSA) is 38.0 Å². The first-order valence-electron chi connectivity index (χ1n) is 6.73. The zero-order valence-corrected chi connectivity index (χ0v) is 10.1. The van der Waals surface area contributed by atoms with Crippen LogP contribution in [0.3, 0.4) is 0 Å². The first-order valence-corrected chi connectivity index (χ1v) is 6.73. The van der Waals surface area contributed by atoms with E-state index in [2.05, 4.69) is 12.2 Å². The van der Waals surface area contributed by atoms with Gasteiger partial charge in [-0.3, -0.25) is 0 Å². The maximum Gasteiger partial charge on any atom is 0.00992 e. The van der Waals surface area contributed by atoms with Crippen molar-refractivity contribution in [3.63, 3.8) is 0 Å². The summed E-state index contributed by atoms with van der Waals surface area (Å²) in [6.45, 7) is 4.35. The average molecular weight is 210 g/mol. The van der Waals surface area contributed by atoms with Crippen molar-refractivity contribution in [1.82, 2.24) is 5.32 Å². The zero-order chi connectivity index (χ0) is 10.7. The van der Waals surface area contributed by atoms with Gasteiger partial charge in [0.2, 0.25) is 0 Å². The van der Waals surface area contributed by atoms with Gasteiger partial charge >= 0.3 is 0 Å². The van der Waals surface area contributed by atoms with Gasteiger partial charge in [-0.1, -0.05) is 32.6 Å². The molecule has 2 rings (SSSR count). The summed E-state index contributed by atoms with van der Waals surface area (Å²) in [4.78, 5) is 0. The Morgan fingerprint density at radius 2 is 2.00 bits per heavy atom. The van der Waals surface area contributed by atoms with Crippen molar-refractivity contribution in [3.8, 4) is 0 Å². The summed E-state index contributed by atoms with van der Waals surface area (Å²) >= 11 is 0. The molecule has 2 heteroatoms. The van der Waals surface area contributed by atoms with Crippen LogP contribution in [0, 0.1) is 11.3 Å². The largest absolute Gasteiger partial charge is 0.330 e. The molecule has 0 aromatic carbocycles. The molecular weight excluding hydrogens is 184 g/mol. The predicted octanol–water partition coefficient (Wildman–Crippen LogP) is 2.28. The molecule has 2 atom stereocenters. The molecule has 2 fully saturated rings. The highest BCUT2D eigenvalue weighted by Crippen LogP contribution is 2.37. The van der Waals surface area contributed by atoms with E-state index in [4.69, 9.17) is 5.73 Å². The fraction of sp³-hybridized carbons (Fsp3) is 1.00. The minimum Gasteiger partial charge on any atom is -0.330 e. The van der Waals surface area contributed by atoms with Crippen molar-refractivity contribution in [2.24, 2.45) is 17.1 Å². The third-order valence-electron chi connectivity index (χ3n) is 4.53. The first kappa shape index (κ1) is 11.4. The van der Waals surface area contributed by atoms with Gasteiger partial charge in [-0.15, -0.1) is 0 Å². The van der Waals surface area contributed by atoms with Crippen LogP contribution in [0.15, 0.2) is 0 Å². The monoisotopic (exact) mass is 210 g/mol. The van der Waals surface area contributed by atoms with E-state index in [0.717, 1.165) is 18.5 Å². The molecule has 0 aliphatic heterocycles. The molecule has 2 nitrogen and oxygen atoms in total. The molecule has 0 spiro atoms. The van der Waals surface area contributed by atoms with Gasteiger partial charge in [-0.25, -0.2) is 0 Å². The molecule has 2 aliphatic carbocycles. The maximum atomic E-state index is 5.97. The zero-order valence-electron chi connectivity index (χ0n) is 10.1. The molecule has 0 heterocycles. The van der Waals surface area contributed by atoms with Crippen LogP contribution in [0.25, 0.3) is 0 Å². The van der Waals surface area contributed by atoms with Crippen LogP contribution in [0.2, 0.25) is 0 Å². The fourth-order valence-corrected chi connectivity index (χ4v) is 3.05. The molecule has 0 aromatic heterocycles. The van der Waals surface area contributed by atoms with Gasteiger partial charge in [0.25, 0.3) is 0 Å². The Morgan fingerprint density at radius 3 is 2.53 bits per heavy atom. The van der Waals surface area contributed by atoms with Crippen molar-refractivity contribution in [2.75, 3.05) is 13.1 Å². The third kappa shape index (κ3) is 2.73. The lowest BCUT2D eigenvalue weighted by Gasteiger charge is -2.36. The molecule has 0 bridgehead atoms. The molecule has 0 radical (unpaired) electrons. The number of nitrogens with two attached hydrogens (primary N) is 1. The minimum absolute atomic E-state index is 0.444. The number of hydrogen-bond acceptors (Lipinski definition) is 2. The number of rotatable bonds is 5. The molecule has 88 valence electrons. The van der Waals surface area contributed by atoms with Gasteiger partial charge in [0.15, 0.2) is 0 Å². The summed E-state index contributed by atoms with van der Waals surface area (Å²) in [6, 6.07) is 0.820. The molecule has 0 aromatic rings. The van der Waals surface area contributed by atoms with Gasteiger partial charge in [0.1, 0.15) is 0 Å². The van der Waals surface area contributed by atoms with Crippen LogP contribution in [0.4, 0.5) is 0 Å². The molecule has 2 saturated carbocycles. The smallest absolute Gasteiger partial charge is 0.00992 e. The summed E-state index contributed by atoms with van der Waals surface area (Å²) in [5.74, 6) is 0.961. The van der Waals surface area contributed by atoms with Crippen molar-refractivity contribution in [1.29, 1.82) is 0 Å². The van der Waals surface area contributed by atoms with Crippen LogP contribution < -0.4 is 11.1 Å². The van der Waals surface area contributed by atoms with Crippen LogP contribution in [-0.2, 0) is 0 Å². The second-order valence-corrected chi connectivity index (χ2v) is 5.66. The van der Waals surface area contributed by atoms with Crippen LogP contribution in [-0.4, -0.2) is 19.1 Å². The maximum absolute atomic E-state index is 5.97. The van der Waals surface area contributed by atoms with Gasteiger partial charge < -0.3 is 11.1 Å². The van der Waals surface area contributed by atoms with Crippen molar-refractivity contribution in [2.45, 2.75) is 57.9 Å². The van der Waals surface area contributed by atoms with Crippen molar-refractivity contribution >= 4 is 0 Å². The van der Waals surface area contributed by atoms with E-state index in [1.807, 2.05) is 0 Å². The summed E-state index contributed by atoms with van der Waals surface area (Å²) < 4.78 is 0. The van der Waals surface area contributed by atoms with E-state index in [1.165, 1.54) is 51.5 Å². The van der Waals surface area contributed by atoms with E-state index < -0.39 is 0 Å². The molecule has 0 saturated heterocycles. The highest BCUT2D eigenvalue weighted by atomic mass is 15.0. The quantitative estimate of drug-likeness (QED) is 0.730. The van der Waals surface area contributed by atoms with E-state index in [0.29, 0.717) is 5.41 Å². The Balaban J connectivity index is 1.75. The molecular formula is C13H26N2. The fourth-order valence-electron chi connectivity index (χ4n) is 3.05. The molecule has 2 aliphatic rings. The van der Waals surface area contributed by atoms with Crippen LogP contribution in [0.1, 0.15) is 51.9 Å². The molecule has 15 heavy (non-hydrogen) atoms. The minimum atomic E-state index is 0.444. The molecule has 0 amide bonds. The number of hydrogen-bond donors (Lipinski definition) is 2. The van der Waals surface area contributed by atoms with Crippen LogP contribution >= 0.6 is 0 Å². The Hall–Kier alpha value is -0.0800. The summed E-state index contributed by atoms with van der Waals surface area (Å²) in [5.41, 5.74) is 6.42. The van der Waals surface area contributed by atoms with Gasteiger partial charge in [-0.05, 0) is 37.1 Å². The Kier molecular flexibility index (Phi) is 3.68. The lowest BCUT2D eigenvalue weighted by atomic mass is 9.74. The normalized spacial score (nSPS) is 34.0. The van der Waals surface area contributed by atoms with Crippen molar-refractivity contribution in [3.05, 3.63) is 0 Å². The Morgan fingerprint density at radius 1 is 1.27 bits per heavy atom. The highest BCUT2D eigenvalue weighted by Gasteiger charge is 2.38. The second-order valence-electron chi connectivity index (χ2n) is 5.66. The highest BCUT2D eigenvalue weighted by molar-refractivity contribution is 4.95. The average Bonchev–Trinajstić information content (AvgIpc) is 3.06. The standard InChI is InChI=1S/C13H26N2/c1-2-11-8-12(11)15-10-13(9-14)6-4-3-5-7-13/h11-12,15H,2-10,14H2,1H3. The first-order chi connectivity index (χ1) is 7.29. The lowest BCUT2D eigenvalue weighted by Crippen LogP contribution is -2.42. The van der Waals surface area contributed by atoms with E-state index in [9.17, 15) is 0 Å². The van der Waals surface area contributed by atoms with Gasteiger partial charge in [-0.2, -0.15) is 0 Å². The van der Waals surface area contributed by atoms with E-state index in [1.54, 1.807) is 0 Å². The molecule has 2 unspecified atom stereocenters. The van der Waals surface area contributed by atoms with Gasteiger partial charge in [0.05, 0.1) is 0 Å². The molecule has 3 N–H and O–H groups in total. The Bertz CT molecular complexity index is 197. The lowest BCUT2D eigenvalue weighted by molar-refractivity contribution is 0.190. The Labute approximate surface area is 94.0 Å². The third-order valence-corrected chi connectivity index (χ3v) is 4.53. The van der Waals surface area contributed by atoms with Crippen molar-refractivity contribution < 1.29 is 0 Å². The predicted molar refractivity (Wildman–Crippen MR) is 64.8 cm³/mol. The van der Waals surface area contributed by atoms with Gasteiger partial charge in [0, 0.05) is 12.6 Å².